The first kappa shape index (κ1) is 13.4. The summed E-state index contributed by atoms with van der Waals surface area (Å²) in [5.41, 5.74) is 5.84. The minimum absolute atomic E-state index is 0.0729. The summed E-state index contributed by atoms with van der Waals surface area (Å²) < 4.78 is 26.9. The number of benzene rings is 1. The summed E-state index contributed by atoms with van der Waals surface area (Å²) in [7, 11) is 0. The summed E-state index contributed by atoms with van der Waals surface area (Å²) in [4.78, 5) is 0. The van der Waals surface area contributed by atoms with Crippen molar-refractivity contribution in [3.8, 4) is 0 Å². The molecule has 0 atom stereocenters. The van der Waals surface area contributed by atoms with E-state index in [4.69, 9.17) is 5.73 Å². The van der Waals surface area contributed by atoms with Gasteiger partial charge in [0.15, 0.2) is 0 Å². The highest BCUT2D eigenvalue weighted by atomic mass is 19.1. The minimum Gasteiger partial charge on any atom is -0.324 e. The normalized spacial score (nSPS) is 17.8. The highest BCUT2D eigenvalue weighted by Crippen LogP contribution is 2.31. The third-order valence-corrected chi connectivity index (χ3v) is 3.59. The van der Waals surface area contributed by atoms with Gasteiger partial charge in [0.05, 0.1) is 0 Å². The number of rotatable bonds is 5. The lowest BCUT2D eigenvalue weighted by Gasteiger charge is -2.27. The largest absolute Gasteiger partial charge is 0.324 e. The quantitative estimate of drug-likeness (QED) is 0.846. The third kappa shape index (κ3) is 3.06. The van der Waals surface area contributed by atoms with Gasteiger partial charge < -0.3 is 11.1 Å². The molecule has 0 bridgehead atoms. The van der Waals surface area contributed by atoms with Gasteiger partial charge in [-0.15, -0.1) is 0 Å². The van der Waals surface area contributed by atoms with E-state index in [1.54, 1.807) is 0 Å². The van der Waals surface area contributed by atoms with E-state index in [1.807, 2.05) is 13.8 Å². The molecule has 4 heteroatoms. The molecule has 0 heterocycles. The maximum atomic E-state index is 13.7. The van der Waals surface area contributed by atoms with Gasteiger partial charge >= 0.3 is 0 Å². The van der Waals surface area contributed by atoms with E-state index < -0.39 is 11.2 Å². The molecule has 1 saturated carbocycles. The van der Waals surface area contributed by atoms with Crippen molar-refractivity contribution in [3.63, 3.8) is 0 Å². The molecule has 0 aliphatic heterocycles. The Kier molecular flexibility index (Phi) is 3.43. The molecule has 1 fully saturated rings. The molecule has 100 valence electrons. The van der Waals surface area contributed by atoms with Crippen LogP contribution in [0.5, 0.6) is 0 Å². The Morgan fingerprint density at radius 1 is 1.33 bits per heavy atom. The maximum absolute atomic E-state index is 13.7. The fourth-order valence-electron chi connectivity index (χ4n) is 2.07. The van der Waals surface area contributed by atoms with Gasteiger partial charge in [0.1, 0.15) is 11.6 Å². The van der Waals surface area contributed by atoms with Gasteiger partial charge in [-0.25, -0.2) is 8.78 Å². The average molecular weight is 254 g/mol. The van der Waals surface area contributed by atoms with Crippen LogP contribution in [0, 0.1) is 11.6 Å². The Balaban J connectivity index is 2.02. The van der Waals surface area contributed by atoms with Gasteiger partial charge in [-0.05, 0) is 36.6 Å². The second-order valence-electron chi connectivity index (χ2n) is 5.97. The molecular weight excluding hydrogens is 234 g/mol. The molecule has 2 rings (SSSR count). The van der Waals surface area contributed by atoms with Crippen molar-refractivity contribution in [1.82, 2.24) is 5.32 Å². The van der Waals surface area contributed by atoms with E-state index in [0.717, 1.165) is 25.5 Å². The molecule has 0 aromatic heterocycles. The molecule has 1 aliphatic rings. The second kappa shape index (κ2) is 4.59. The van der Waals surface area contributed by atoms with Crippen LogP contribution in [0.4, 0.5) is 8.78 Å². The van der Waals surface area contributed by atoms with E-state index >= 15 is 0 Å². The van der Waals surface area contributed by atoms with Crippen molar-refractivity contribution < 1.29 is 8.78 Å². The standard InChI is InChI=1S/C14H20F2N2/c1-13(2,8-18-9-14(17)5-6-14)11-7-10(15)3-4-12(11)16/h3-4,7,18H,5-6,8-9,17H2,1-2H3. The van der Waals surface area contributed by atoms with Gasteiger partial charge in [0.2, 0.25) is 0 Å². The second-order valence-corrected chi connectivity index (χ2v) is 5.97. The van der Waals surface area contributed by atoms with Gasteiger partial charge in [0, 0.05) is 24.0 Å². The van der Waals surface area contributed by atoms with Crippen LogP contribution < -0.4 is 11.1 Å². The number of hydrogen-bond donors (Lipinski definition) is 2. The molecule has 0 spiro atoms. The van der Waals surface area contributed by atoms with Crippen molar-refractivity contribution >= 4 is 0 Å². The monoisotopic (exact) mass is 254 g/mol. The predicted octanol–water partition coefficient (Wildman–Crippen LogP) is 2.32. The van der Waals surface area contributed by atoms with Crippen molar-refractivity contribution in [2.24, 2.45) is 5.73 Å². The molecule has 0 unspecified atom stereocenters. The number of nitrogens with two attached hydrogens (primary N) is 1. The van der Waals surface area contributed by atoms with Crippen LogP contribution in [-0.4, -0.2) is 18.6 Å². The van der Waals surface area contributed by atoms with Crippen LogP contribution in [0.2, 0.25) is 0 Å². The fraction of sp³-hybridized carbons (Fsp3) is 0.571. The summed E-state index contributed by atoms with van der Waals surface area (Å²) in [6.45, 7) is 5.10. The van der Waals surface area contributed by atoms with Crippen molar-refractivity contribution in [2.45, 2.75) is 37.6 Å². The first-order valence-electron chi connectivity index (χ1n) is 6.28. The van der Waals surface area contributed by atoms with Crippen molar-refractivity contribution in [3.05, 3.63) is 35.4 Å². The number of nitrogens with one attached hydrogen (secondary N) is 1. The van der Waals surface area contributed by atoms with E-state index in [1.165, 1.54) is 12.1 Å². The van der Waals surface area contributed by atoms with Crippen LogP contribution in [0.1, 0.15) is 32.3 Å². The van der Waals surface area contributed by atoms with Crippen LogP contribution >= 0.6 is 0 Å². The molecule has 1 aromatic rings. The van der Waals surface area contributed by atoms with E-state index in [2.05, 4.69) is 5.32 Å². The fourth-order valence-corrected chi connectivity index (χ4v) is 2.07. The highest BCUT2D eigenvalue weighted by molar-refractivity contribution is 5.27. The Morgan fingerprint density at radius 3 is 2.61 bits per heavy atom. The summed E-state index contributed by atoms with van der Waals surface area (Å²) >= 11 is 0. The average Bonchev–Trinajstić information content (AvgIpc) is 3.00. The molecule has 0 radical (unpaired) electrons. The van der Waals surface area contributed by atoms with Crippen LogP contribution in [0.15, 0.2) is 18.2 Å². The Morgan fingerprint density at radius 2 is 2.00 bits per heavy atom. The highest BCUT2D eigenvalue weighted by Gasteiger charge is 2.38. The van der Waals surface area contributed by atoms with E-state index in [-0.39, 0.29) is 11.4 Å². The summed E-state index contributed by atoms with van der Waals surface area (Å²) in [6, 6.07) is 3.59. The molecule has 0 amide bonds. The van der Waals surface area contributed by atoms with E-state index in [0.29, 0.717) is 12.1 Å². The third-order valence-electron chi connectivity index (χ3n) is 3.59. The first-order valence-corrected chi connectivity index (χ1v) is 6.28. The molecule has 1 aromatic carbocycles. The van der Waals surface area contributed by atoms with Crippen molar-refractivity contribution in [2.75, 3.05) is 13.1 Å². The molecular formula is C14H20F2N2. The molecule has 18 heavy (non-hydrogen) atoms. The lowest BCUT2D eigenvalue weighted by atomic mass is 9.84. The molecule has 3 N–H and O–H groups in total. The number of hydrogen-bond acceptors (Lipinski definition) is 2. The zero-order valence-electron chi connectivity index (χ0n) is 10.9. The zero-order chi connectivity index (χ0) is 13.4. The Hall–Kier alpha value is -1.00. The minimum atomic E-state index is -0.461. The van der Waals surface area contributed by atoms with Gasteiger partial charge in [-0.3, -0.25) is 0 Å². The smallest absolute Gasteiger partial charge is 0.127 e. The van der Waals surface area contributed by atoms with Gasteiger partial charge in [0.25, 0.3) is 0 Å². The van der Waals surface area contributed by atoms with Gasteiger partial charge in [-0.1, -0.05) is 13.8 Å². The lowest BCUT2D eigenvalue weighted by molar-refractivity contribution is 0.427. The SMILES string of the molecule is CC(C)(CNCC1(N)CC1)c1cc(F)ccc1F. The topological polar surface area (TPSA) is 38.0 Å². The van der Waals surface area contributed by atoms with Crippen molar-refractivity contribution in [1.29, 1.82) is 0 Å². The summed E-state index contributed by atoms with van der Waals surface area (Å²) in [6.07, 6.45) is 2.07. The lowest BCUT2D eigenvalue weighted by Crippen LogP contribution is -2.41. The first-order chi connectivity index (χ1) is 8.32. The van der Waals surface area contributed by atoms with Crippen LogP contribution in [0.25, 0.3) is 0 Å². The van der Waals surface area contributed by atoms with Crippen LogP contribution in [-0.2, 0) is 5.41 Å². The summed E-state index contributed by atoms with van der Waals surface area (Å²) in [5, 5.41) is 3.26. The Bertz CT molecular complexity index is 439. The number of halogens is 2. The van der Waals surface area contributed by atoms with Gasteiger partial charge in [-0.2, -0.15) is 0 Å². The Labute approximate surface area is 107 Å². The summed E-state index contributed by atoms with van der Waals surface area (Å²) in [5.74, 6) is -0.769. The predicted molar refractivity (Wildman–Crippen MR) is 68.4 cm³/mol. The van der Waals surface area contributed by atoms with E-state index in [9.17, 15) is 8.78 Å². The molecule has 2 nitrogen and oxygen atoms in total. The molecule has 0 saturated heterocycles. The van der Waals surface area contributed by atoms with Crippen LogP contribution in [0.3, 0.4) is 0 Å². The zero-order valence-corrected chi connectivity index (χ0v) is 10.9. The molecule has 1 aliphatic carbocycles. The maximum Gasteiger partial charge on any atom is 0.127 e.